The number of fused-ring (bicyclic) bond motifs is 1. The van der Waals surface area contributed by atoms with E-state index in [0.29, 0.717) is 32.1 Å². The van der Waals surface area contributed by atoms with Crippen LogP contribution < -0.4 is 0 Å². The number of rotatable bonds is 3. The van der Waals surface area contributed by atoms with Gasteiger partial charge in [0.25, 0.3) is 0 Å². The third-order valence-electron chi connectivity index (χ3n) is 6.55. The molecule has 0 amide bonds. The van der Waals surface area contributed by atoms with Gasteiger partial charge in [-0.2, -0.15) is 0 Å². The molecule has 0 unspecified atom stereocenters. The molecular weight excluding hydrogens is 400 g/mol. The monoisotopic (exact) mass is 432 g/mol. The number of ketones is 1. The molecule has 170 valence electrons. The molecule has 0 aliphatic heterocycles. The maximum atomic E-state index is 12.8. The van der Waals surface area contributed by atoms with Crippen LogP contribution in [0.2, 0.25) is 0 Å². The number of carbonyl (C=O) groups excluding carboxylic acids is 4. The van der Waals surface area contributed by atoms with Gasteiger partial charge in [0.05, 0.1) is 21.3 Å². The Bertz CT molecular complexity index is 789. The molecule has 31 heavy (non-hydrogen) atoms. The highest BCUT2D eigenvalue weighted by Gasteiger charge is 2.54. The first kappa shape index (κ1) is 24.6. The molecule has 0 saturated heterocycles. The first-order valence-electron chi connectivity index (χ1n) is 10.6. The zero-order valence-electron chi connectivity index (χ0n) is 18.8. The van der Waals surface area contributed by atoms with Gasteiger partial charge >= 0.3 is 17.9 Å². The van der Waals surface area contributed by atoms with Crippen molar-refractivity contribution in [3.8, 4) is 0 Å². The van der Waals surface area contributed by atoms with Crippen molar-refractivity contribution in [2.24, 2.45) is 16.7 Å². The van der Waals surface area contributed by atoms with Gasteiger partial charge in [0.2, 0.25) is 0 Å². The van der Waals surface area contributed by atoms with E-state index < -0.39 is 28.7 Å². The molecule has 1 saturated carbocycles. The van der Waals surface area contributed by atoms with Crippen molar-refractivity contribution in [3.63, 3.8) is 0 Å². The van der Waals surface area contributed by atoms with Gasteiger partial charge in [-0.05, 0) is 45.4 Å². The molecule has 0 radical (unpaired) electrons. The fourth-order valence-electron chi connectivity index (χ4n) is 4.65. The normalized spacial score (nSPS) is 30.0. The molecular formula is C24H32O7. The maximum absolute atomic E-state index is 12.8. The van der Waals surface area contributed by atoms with Crippen LogP contribution in [0.5, 0.6) is 0 Å². The van der Waals surface area contributed by atoms with Crippen molar-refractivity contribution in [2.75, 3.05) is 21.3 Å². The topological polar surface area (TPSA) is 96.0 Å². The number of hydrogen-bond donors (Lipinski definition) is 0. The van der Waals surface area contributed by atoms with Crippen LogP contribution in [-0.2, 0) is 33.4 Å². The summed E-state index contributed by atoms with van der Waals surface area (Å²) in [6, 6.07) is 0. The van der Waals surface area contributed by atoms with Gasteiger partial charge in [-0.3, -0.25) is 19.2 Å². The summed E-state index contributed by atoms with van der Waals surface area (Å²) >= 11 is 0. The average molecular weight is 433 g/mol. The molecule has 7 nitrogen and oxygen atoms in total. The van der Waals surface area contributed by atoms with Crippen LogP contribution in [0, 0.1) is 16.7 Å². The molecule has 7 heteroatoms. The largest absolute Gasteiger partial charge is 0.468 e. The van der Waals surface area contributed by atoms with E-state index in [2.05, 4.69) is 0 Å². The fraction of sp³-hybridized carbons (Fsp3) is 0.583. The van der Waals surface area contributed by atoms with Crippen LogP contribution >= 0.6 is 0 Å². The second-order valence-electron chi connectivity index (χ2n) is 8.20. The van der Waals surface area contributed by atoms with Crippen LogP contribution in [0.1, 0.15) is 51.9 Å². The maximum Gasteiger partial charge on any atom is 0.323 e. The van der Waals surface area contributed by atoms with Gasteiger partial charge in [0.15, 0.2) is 11.2 Å². The standard InChI is InChI=1S/C24H32O7/c1-17-9-8-15-24(22(28)31-4)18(11-12-19(24)25)10-6-5-7-14-23(16-13-17,20(26)29-2)21(27)30-3/h5-7,9-10,18H,8,11-16H2,1-4H3/b7-5+,10-6+,17-9+/t18-,24-/m1/s1. The summed E-state index contributed by atoms with van der Waals surface area (Å²) in [6.07, 6.45) is 11.6. The number of carbonyl (C=O) groups is 4. The molecule has 0 N–H and O–H groups in total. The van der Waals surface area contributed by atoms with E-state index in [4.69, 9.17) is 14.2 Å². The molecule has 0 heterocycles. The minimum Gasteiger partial charge on any atom is -0.468 e. The Morgan fingerprint density at radius 3 is 2.19 bits per heavy atom. The van der Waals surface area contributed by atoms with Crippen LogP contribution in [-0.4, -0.2) is 45.0 Å². The second kappa shape index (κ2) is 10.6. The highest BCUT2D eigenvalue weighted by molar-refractivity contribution is 6.06. The zero-order valence-corrected chi connectivity index (χ0v) is 18.8. The highest BCUT2D eigenvalue weighted by Crippen LogP contribution is 2.46. The Balaban J connectivity index is 2.46. The van der Waals surface area contributed by atoms with E-state index >= 15 is 0 Å². The van der Waals surface area contributed by atoms with Gasteiger partial charge in [-0.15, -0.1) is 0 Å². The summed E-state index contributed by atoms with van der Waals surface area (Å²) in [7, 11) is 3.83. The average Bonchev–Trinajstić information content (AvgIpc) is 3.09. The van der Waals surface area contributed by atoms with Crippen molar-refractivity contribution in [1.82, 2.24) is 0 Å². The minimum absolute atomic E-state index is 0.0773. The van der Waals surface area contributed by atoms with Gasteiger partial charge in [-0.25, -0.2) is 0 Å². The number of allylic oxidation sites excluding steroid dienone is 6. The van der Waals surface area contributed by atoms with E-state index in [1.807, 2.05) is 19.1 Å². The van der Waals surface area contributed by atoms with Gasteiger partial charge in [0.1, 0.15) is 5.41 Å². The van der Waals surface area contributed by atoms with Crippen LogP contribution in [0.25, 0.3) is 0 Å². The van der Waals surface area contributed by atoms with E-state index in [9.17, 15) is 19.2 Å². The van der Waals surface area contributed by atoms with Crippen LogP contribution in [0.3, 0.4) is 0 Å². The van der Waals surface area contributed by atoms with Crippen molar-refractivity contribution >= 4 is 23.7 Å². The van der Waals surface area contributed by atoms with Crippen molar-refractivity contribution in [1.29, 1.82) is 0 Å². The van der Waals surface area contributed by atoms with Gasteiger partial charge < -0.3 is 14.2 Å². The Morgan fingerprint density at radius 2 is 1.58 bits per heavy atom. The van der Waals surface area contributed by atoms with E-state index in [0.717, 1.165) is 5.57 Å². The molecule has 0 aromatic rings. The van der Waals surface area contributed by atoms with E-state index in [1.165, 1.54) is 21.3 Å². The fourth-order valence-corrected chi connectivity index (χ4v) is 4.65. The molecule has 1 fully saturated rings. The van der Waals surface area contributed by atoms with E-state index in [-0.39, 0.29) is 24.5 Å². The molecule has 0 aromatic heterocycles. The quantitative estimate of drug-likeness (QED) is 0.291. The van der Waals surface area contributed by atoms with E-state index in [1.54, 1.807) is 18.2 Å². The molecule has 2 rings (SSSR count). The van der Waals surface area contributed by atoms with Crippen LogP contribution in [0.15, 0.2) is 36.0 Å². The van der Waals surface area contributed by atoms with Crippen molar-refractivity contribution in [3.05, 3.63) is 36.0 Å². The highest BCUT2D eigenvalue weighted by atomic mass is 16.5. The summed E-state index contributed by atoms with van der Waals surface area (Å²) in [5.41, 5.74) is -1.63. The molecule has 2 aliphatic carbocycles. The Labute approximate surface area is 183 Å². The number of ether oxygens (including phenoxy) is 3. The third-order valence-corrected chi connectivity index (χ3v) is 6.55. The lowest BCUT2D eigenvalue weighted by molar-refractivity contribution is -0.169. The minimum atomic E-state index is -1.42. The second-order valence-corrected chi connectivity index (χ2v) is 8.20. The molecule has 0 aromatic carbocycles. The molecule has 0 spiro atoms. The zero-order chi connectivity index (χ0) is 23.1. The number of methoxy groups -OCH3 is 3. The lowest BCUT2D eigenvalue weighted by atomic mass is 9.73. The van der Waals surface area contributed by atoms with Crippen molar-refractivity contribution < 1.29 is 33.4 Å². The smallest absolute Gasteiger partial charge is 0.323 e. The first-order chi connectivity index (χ1) is 14.8. The molecule has 0 bridgehead atoms. The summed E-state index contributed by atoms with van der Waals surface area (Å²) in [6.45, 7) is 1.90. The summed E-state index contributed by atoms with van der Waals surface area (Å²) in [5, 5.41) is 0. The molecule has 2 atom stereocenters. The Morgan fingerprint density at radius 1 is 0.935 bits per heavy atom. The van der Waals surface area contributed by atoms with Gasteiger partial charge in [-0.1, -0.05) is 36.0 Å². The SMILES string of the molecule is COC(=O)C1(C(=O)OC)C/C=C/C=C/[C@@H]2CCC(=O)[C@@]2(C(=O)OC)CC/C=C(\C)CC1. The summed E-state index contributed by atoms with van der Waals surface area (Å²) in [5.74, 6) is -2.08. The summed E-state index contributed by atoms with van der Waals surface area (Å²) in [4.78, 5) is 50.6. The lowest BCUT2D eigenvalue weighted by Gasteiger charge is -2.30. The van der Waals surface area contributed by atoms with Crippen molar-refractivity contribution in [2.45, 2.75) is 51.9 Å². The molecule has 2 aliphatic rings. The summed E-state index contributed by atoms with van der Waals surface area (Å²) < 4.78 is 14.9. The first-order valence-corrected chi connectivity index (χ1v) is 10.6. The number of hydrogen-bond acceptors (Lipinski definition) is 7. The Hall–Kier alpha value is -2.70. The Kier molecular flexibility index (Phi) is 8.36. The lowest BCUT2D eigenvalue weighted by Crippen LogP contribution is -2.41. The predicted molar refractivity (Wildman–Crippen MR) is 114 cm³/mol. The van der Waals surface area contributed by atoms with Gasteiger partial charge in [0, 0.05) is 12.3 Å². The van der Waals surface area contributed by atoms with Crippen LogP contribution in [0.4, 0.5) is 0 Å². The number of esters is 3. The number of Topliss-reactive ketones (excluding diaryl/α,β-unsaturated/α-hetero) is 1. The third kappa shape index (κ3) is 4.81. The predicted octanol–water partition coefficient (Wildman–Crippen LogP) is 3.48.